The van der Waals surface area contributed by atoms with Crippen LogP contribution in [0, 0.1) is 6.92 Å². The van der Waals surface area contributed by atoms with Crippen LogP contribution in [-0.4, -0.2) is 23.4 Å². The average molecular weight is 367 g/mol. The molecule has 0 heterocycles. The molecule has 110 valence electrons. The highest BCUT2D eigenvalue weighted by atomic mass is 79.9. The van der Waals surface area contributed by atoms with Gasteiger partial charge in [-0.15, -0.1) is 11.8 Å². The van der Waals surface area contributed by atoms with E-state index in [0.29, 0.717) is 12.4 Å². The second-order valence-corrected chi connectivity index (χ2v) is 6.54. The smallest absolute Gasteiger partial charge is 0.339 e. The summed E-state index contributed by atoms with van der Waals surface area (Å²) in [7, 11) is 0. The molecule has 0 atom stereocenters. The molecule has 0 bridgehead atoms. The van der Waals surface area contributed by atoms with Crippen LogP contribution in [0.1, 0.15) is 15.9 Å². The van der Waals surface area contributed by atoms with Crippen LogP contribution in [0.25, 0.3) is 0 Å². The summed E-state index contributed by atoms with van der Waals surface area (Å²) in [5.74, 6) is 0.172. The number of benzene rings is 2. The van der Waals surface area contributed by atoms with Gasteiger partial charge in [0.2, 0.25) is 0 Å². The zero-order chi connectivity index (χ0) is 15.2. The number of ether oxygens (including phenoxy) is 1. The number of carbonyl (C=O) groups is 1. The van der Waals surface area contributed by atoms with E-state index in [2.05, 4.69) is 47.1 Å². The van der Waals surface area contributed by atoms with Gasteiger partial charge < -0.3 is 9.84 Å². The number of aromatic carboxylic acids is 1. The minimum absolute atomic E-state index is 0.171. The molecule has 2 aromatic carbocycles. The van der Waals surface area contributed by atoms with Gasteiger partial charge >= 0.3 is 5.97 Å². The number of carboxylic acids is 1. The Bertz CT molecular complexity index is 626. The number of aryl methyl sites for hydroxylation is 1. The average Bonchev–Trinajstić information content (AvgIpc) is 2.46. The second kappa shape index (κ2) is 7.52. The van der Waals surface area contributed by atoms with Gasteiger partial charge in [0, 0.05) is 15.1 Å². The van der Waals surface area contributed by atoms with Crippen LogP contribution in [0.3, 0.4) is 0 Å². The summed E-state index contributed by atoms with van der Waals surface area (Å²) in [6.07, 6.45) is 0. The maximum absolute atomic E-state index is 11.2. The van der Waals surface area contributed by atoms with Crippen LogP contribution in [-0.2, 0) is 0 Å². The Hall–Kier alpha value is -1.46. The standard InChI is InChI=1S/C16H15BrO3S/c1-11-2-5-13(6-3-11)21-9-8-20-15-7-4-12(17)10-14(15)16(18)19/h2-7,10H,8-9H2,1H3,(H,18,19). The number of hydrogen-bond donors (Lipinski definition) is 1. The van der Waals surface area contributed by atoms with Crippen molar-refractivity contribution in [1.82, 2.24) is 0 Å². The highest BCUT2D eigenvalue weighted by Gasteiger charge is 2.11. The molecule has 0 saturated heterocycles. The molecular formula is C16H15BrO3S. The van der Waals surface area contributed by atoms with Crippen molar-refractivity contribution >= 4 is 33.7 Å². The summed E-state index contributed by atoms with van der Waals surface area (Å²) in [6, 6.07) is 13.3. The van der Waals surface area contributed by atoms with E-state index in [-0.39, 0.29) is 5.56 Å². The van der Waals surface area contributed by atoms with E-state index in [4.69, 9.17) is 9.84 Å². The van der Waals surface area contributed by atoms with Crippen LogP contribution in [0.4, 0.5) is 0 Å². The van der Waals surface area contributed by atoms with Gasteiger partial charge in [0.25, 0.3) is 0 Å². The number of rotatable bonds is 6. The van der Waals surface area contributed by atoms with Crippen LogP contribution in [0.2, 0.25) is 0 Å². The fraction of sp³-hybridized carbons (Fsp3) is 0.188. The molecule has 0 saturated carbocycles. The number of carboxylic acid groups (broad SMARTS) is 1. The summed E-state index contributed by atoms with van der Waals surface area (Å²) in [5.41, 5.74) is 1.40. The first-order valence-electron chi connectivity index (χ1n) is 6.41. The van der Waals surface area contributed by atoms with Crippen molar-refractivity contribution < 1.29 is 14.6 Å². The highest BCUT2D eigenvalue weighted by Crippen LogP contribution is 2.24. The van der Waals surface area contributed by atoms with E-state index in [1.54, 1.807) is 30.0 Å². The van der Waals surface area contributed by atoms with Gasteiger partial charge in [-0.25, -0.2) is 4.79 Å². The maximum atomic E-state index is 11.2. The second-order valence-electron chi connectivity index (χ2n) is 4.46. The number of thioether (sulfide) groups is 1. The molecule has 1 N–H and O–H groups in total. The van der Waals surface area contributed by atoms with Crippen molar-refractivity contribution in [3.05, 3.63) is 58.1 Å². The lowest BCUT2D eigenvalue weighted by molar-refractivity contribution is 0.0692. The molecule has 2 aromatic rings. The highest BCUT2D eigenvalue weighted by molar-refractivity contribution is 9.10. The minimum Gasteiger partial charge on any atom is -0.492 e. The first-order chi connectivity index (χ1) is 10.1. The third-order valence-corrected chi connectivity index (χ3v) is 4.27. The predicted molar refractivity (Wildman–Crippen MR) is 88.5 cm³/mol. The van der Waals surface area contributed by atoms with Crippen LogP contribution >= 0.6 is 27.7 Å². The van der Waals surface area contributed by atoms with Gasteiger partial charge in [-0.1, -0.05) is 33.6 Å². The Morgan fingerprint density at radius 1 is 1.24 bits per heavy atom. The molecule has 0 fully saturated rings. The van der Waals surface area contributed by atoms with Gasteiger partial charge in [0.15, 0.2) is 0 Å². The van der Waals surface area contributed by atoms with Crippen molar-refractivity contribution in [3.8, 4) is 5.75 Å². The van der Waals surface area contributed by atoms with E-state index in [1.165, 1.54) is 10.5 Å². The van der Waals surface area contributed by atoms with E-state index in [0.717, 1.165) is 10.2 Å². The fourth-order valence-electron chi connectivity index (χ4n) is 1.74. The molecule has 0 aliphatic heterocycles. The first kappa shape index (κ1) is 15.9. The molecule has 0 aromatic heterocycles. The third kappa shape index (κ3) is 4.79. The van der Waals surface area contributed by atoms with Crippen molar-refractivity contribution in [2.45, 2.75) is 11.8 Å². The molecule has 21 heavy (non-hydrogen) atoms. The molecule has 0 spiro atoms. The van der Waals surface area contributed by atoms with Gasteiger partial charge in [-0.2, -0.15) is 0 Å². The normalized spacial score (nSPS) is 10.4. The largest absolute Gasteiger partial charge is 0.492 e. The Morgan fingerprint density at radius 2 is 1.95 bits per heavy atom. The quantitative estimate of drug-likeness (QED) is 0.598. The van der Waals surface area contributed by atoms with Crippen LogP contribution < -0.4 is 4.74 Å². The number of hydrogen-bond acceptors (Lipinski definition) is 3. The summed E-state index contributed by atoms with van der Waals surface area (Å²) in [4.78, 5) is 12.3. The van der Waals surface area contributed by atoms with Crippen molar-refractivity contribution in [2.24, 2.45) is 0 Å². The van der Waals surface area contributed by atoms with E-state index >= 15 is 0 Å². The summed E-state index contributed by atoms with van der Waals surface area (Å²) >= 11 is 4.94. The molecule has 3 nitrogen and oxygen atoms in total. The topological polar surface area (TPSA) is 46.5 Å². The molecule has 0 radical (unpaired) electrons. The maximum Gasteiger partial charge on any atom is 0.339 e. The number of halogens is 1. The fourth-order valence-corrected chi connectivity index (χ4v) is 2.83. The Labute approximate surface area is 136 Å². The van der Waals surface area contributed by atoms with Crippen LogP contribution in [0.5, 0.6) is 5.75 Å². The summed E-state index contributed by atoms with van der Waals surface area (Å²) < 4.78 is 6.30. The van der Waals surface area contributed by atoms with Crippen molar-refractivity contribution in [3.63, 3.8) is 0 Å². The minimum atomic E-state index is -0.988. The van der Waals surface area contributed by atoms with Gasteiger partial charge in [0.1, 0.15) is 11.3 Å². The molecule has 0 amide bonds. The third-order valence-electron chi connectivity index (χ3n) is 2.80. The Kier molecular flexibility index (Phi) is 5.70. The lowest BCUT2D eigenvalue weighted by Crippen LogP contribution is -2.06. The van der Waals surface area contributed by atoms with Crippen molar-refractivity contribution in [2.75, 3.05) is 12.4 Å². The van der Waals surface area contributed by atoms with E-state index < -0.39 is 5.97 Å². The SMILES string of the molecule is Cc1ccc(SCCOc2ccc(Br)cc2C(=O)O)cc1. The van der Waals surface area contributed by atoms with Crippen LogP contribution in [0.15, 0.2) is 51.8 Å². The van der Waals surface area contributed by atoms with Crippen molar-refractivity contribution in [1.29, 1.82) is 0 Å². The Morgan fingerprint density at radius 3 is 2.62 bits per heavy atom. The van der Waals surface area contributed by atoms with Gasteiger partial charge in [-0.3, -0.25) is 0 Å². The molecule has 0 aliphatic rings. The van der Waals surface area contributed by atoms with E-state index in [1.807, 2.05) is 0 Å². The zero-order valence-corrected chi connectivity index (χ0v) is 13.9. The molecule has 2 rings (SSSR count). The predicted octanol–water partition coefficient (Wildman–Crippen LogP) is 4.63. The first-order valence-corrected chi connectivity index (χ1v) is 8.19. The molecule has 0 aliphatic carbocycles. The molecule has 5 heteroatoms. The zero-order valence-electron chi connectivity index (χ0n) is 11.5. The lowest BCUT2D eigenvalue weighted by atomic mass is 10.2. The summed E-state index contributed by atoms with van der Waals surface area (Å²) in [6.45, 7) is 2.51. The molecular weight excluding hydrogens is 352 g/mol. The Balaban J connectivity index is 1.89. The lowest BCUT2D eigenvalue weighted by Gasteiger charge is -2.09. The van der Waals surface area contributed by atoms with Gasteiger partial charge in [0.05, 0.1) is 6.61 Å². The summed E-state index contributed by atoms with van der Waals surface area (Å²) in [5, 5.41) is 9.14. The van der Waals surface area contributed by atoms with Gasteiger partial charge in [-0.05, 0) is 37.3 Å². The monoisotopic (exact) mass is 366 g/mol. The van der Waals surface area contributed by atoms with E-state index in [9.17, 15) is 4.79 Å². The molecule has 0 unspecified atom stereocenters.